The highest BCUT2D eigenvalue weighted by Gasteiger charge is 2.47. The predicted octanol–water partition coefficient (Wildman–Crippen LogP) is 4.27. The minimum atomic E-state index is -0.888. The number of hydrogen-bond donors (Lipinski definition) is 1. The van der Waals surface area contributed by atoms with E-state index in [0.717, 1.165) is 27.8 Å². The number of methoxy groups -OCH3 is 1. The van der Waals surface area contributed by atoms with Crippen LogP contribution in [0.5, 0.6) is 0 Å². The number of hydrogen-bond acceptors (Lipinski definition) is 5. The van der Waals surface area contributed by atoms with Gasteiger partial charge in [0.2, 0.25) is 0 Å². The van der Waals surface area contributed by atoms with Gasteiger partial charge in [0.05, 0.1) is 18.6 Å². The summed E-state index contributed by atoms with van der Waals surface area (Å²) in [7, 11) is 1.32. The van der Waals surface area contributed by atoms with Gasteiger partial charge in [-0.1, -0.05) is 78.9 Å². The zero-order valence-corrected chi connectivity index (χ0v) is 19.0. The molecule has 0 fully saturated rings. The van der Waals surface area contributed by atoms with Gasteiger partial charge in [-0.3, -0.25) is 19.7 Å². The Balaban J connectivity index is 1.93. The molecule has 0 saturated carbocycles. The van der Waals surface area contributed by atoms with Crippen LogP contribution in [0.4, 0.5) is 0 Å². The van der Waals surface area contributed by atoms with Crippen LogP contribution in [0.3, 0.4) is 0 Å². The summed E-state index contributed by atoms with van der Waals surface area (Å²) in [6.45, 7) is 2.76. The second-order valence-electron chi connectivity index (χ2n) is 8.44. The van der Waals surface area contributed by atoms with Crippen LogP contribution >= 0.6 is 0 Å². The van der Waals surface area contributed by atoms with E-state index in [1.165, 1.54) is 21.0 Å². The highest BCUT2D eigenvalue weighted by Crippen LogP contribution is 2.51. The Kier molecular flexibility index (Phi) is 6.25. The summed E-state index contributed by atoms with van der Waals surface area (Å²) in [6, 6.07) is 25.2. The Bertz CT molecular complexity index is 1140. The first-order chi connectivity index (χ1) is 15.9. The summed E-state index contributed by atoms with van der Waals surface area (Å²) in [5.41, 5.74) is 4.26. The van der Waals surface area contributed by atoms with Crippen molar-refractivity contribution in [1.82, 2.24) is 5.32 Å². The summed E-state index contributed by atoms with van der Waals surface area (Å²) < 4.78 is 5.12. The third-order valence-corrected chi connectivity index (χ3v) is 6.49. The first-order valence-corrected chi connectivity index (χ1v) is 11.0. The molecule has 0 bridgehead atoms. The Morgan fingerprint density at radius 2 is 1.27 bits per heavy atom. The van der Waals surface area contributed by atoms with Crippen LogP contribution in [-0.2, 0) is 24.7 Å². The van der Waals surface area contributed by atoms with E-state index in [1.807, 2.05) is 54.6 Å². The van der Waals surface area contributed by atoms with E-state index in [9.17, 15) is 14.4 Å². The normalized spacial score (nSPS) is 14.3. The fourth-order valence-electron chi connectivity index (χ4n) is 4.94. The monoisotopic (exact) mass is 441 g/mol. The molecule has 0 aromatic heterocycles. The third kappa shape index (κ3) is 3.89. The van der Waals surface area contributed by atoms with E-state index in [-0.39, 0.29) is 18.0 Å². The summed E-state index contributed by atoms with van der Waals surface area (Å²) in [6.07, 6.45) is 0.0241. The van der Waals surface area contributed by atoms with Gasteiger partial charge in [0.25, 0.3) is 0 Å². The standard InChI is InChI=1S/C28H27NO4/c1-18(30)23(19(2)31)17-26(27(32)33-3)29-28(20-11-5-4-6-12-20)24-15-9-7-13-21(24)22-14-8-10-16-25(22)28/h4-16,23,26,29H,17H2,1-3H3/t26-/m1/s1. The Labute approximate surface area is 193 Å². The number of fused-ring (bicyclic) bond motifs is 3. The van der Waals surface area contributed by atoms with Crippen LogP contribution in [-0.4, -0.2) is 30.7 Å². The van der Waals surface area contributed by atoms with Crippen molar-refractivity contribution < 1.29 is 19.1 Å². The molecular formula is C28H27NO4. The molecule has 1 aliphatic carbocycles. The lowest BCUT2D eigenvalue weighted by atomic mass is 9.79. The van der Waals surface area contributed by atoms with Gasteiger partial charge in [-0.15, -0.1) is 0 Å². The molecule has 0 amide bonds. The number of Topliss-reactive ketones (excluding diaryl/α,β-unsaturated/α-hetero) is 2. The largest absolute Gasteiger partial charge is 0.468 e. The summed E-state index contributed by atoms with van der Waals surface area (Å²) in [5, 5.41) is 3.57. The van der Waals surface area contributed by atoms with Gasteiger partial charge in [-0.25, -0.2) is 0 Å². The van der Waals surface area contributed by atoms with Crippen molar-refractivity contribution in [3.63, 3.8) is 0 Å². The molecule has 0 heterocycles. The van der Waals surface area contributed by atoms with Crippen molar-refractivity contribution in [2.75, 3.05) is 7.11 Å². The number of rotatable bonds is 8. The number of ketones is 2. The maximum Gasteiger partial charge on any atom is 0.322 e. The third-order valence-electron chi connectivity index (χ3n) is 6.49. The van der Waals surface area contributed by atoms with E-state index in [1.54, 1.807) is 0 Å². The van der Waals surface area contributed by atoms with E-state index < -0.39 is 23.5 Å². The Morgan fingerprint density at radius 1 is 0.788 bits per heavy atom. The van der Waals surface area contributed by atoms with Gasteiger partial charge in [-0.05, 0) is 48.1 Å². The first-order valence-electron chi connectivity index (χ1n) is 11.0. The van der Waals surface area contributed by atoms with Crippen LogP contribution in [0.2, 0.25) is 0 Å². The molecule has 0 radical (unpaired) electrons. The zero-order valence-electron chi connectivity index (χ0n) is 19.0. The minimum Gasteiger partial charge on any atom is -0.468 e. The maximum atomic E-state index is 13.0. The van der Waals surface area contributed by atoms with E-state index in [2.05, 4.69) is 29.6 Å². The molecule has 4 rings (SSSR count). The van der Waals surface area contributed by atoms with E-state index in [0.29, 0.717) is 0 Å². The average Bonchev–Trinajstić information content (AvgIpc) is 3.12. The molecule has 168 valence electrons. The number of esters is 1. The van der Waals surface area contributed by atoms with Crippen molar-refractivity contribution >= 4 is 17.5 Å². The van der Waals surface area contributed by atoms with Gasteiger partial charge < -0.3 is 4.74 Å². The lowest BCUT2D eigenvalue weighted by Gasteiger charge is -2.37. The molecule has 3 aromatic rings. The molecule has 33 heavy (non-hydrogen) atoms. The van der Waals surface area contributed by atoms with Crippen LogP contribution in [0, 0.1) is 5.92 Å². The number of benzene rings is 3. The quantitative estimate of drug-likeness (QED) is 0.417. The molecule has 1 aliphatic rings. The predicted molar refractivity (Wildman–Crippen MR) is 127 cm³/mol. The Hall–Kier alpha value is -3.57. The van der Waals surface area contributed by atoms with Crippen LogP contribution in [0.25, 0.3) is 11.1 Å². The number of nitrogens with one attached hydrogen (secondary N) is 1. The van der Waals surface area contributed by atoms with E-state index >= 15 is 0 Å². The van der Waals surface area contributed by atoms with Crippen molar-refractivity contribution in [3.8, 4) is 11.1 Å². The summed E-state index contributed by atoms with van der Waals surface area (Å²) in [5.74, 6) is -1.93. The highest BCUT2D eigenvalue weighted by molar-refractivity contribution is 6.00. The number of ether oxygens (including phenoxy) is 1. The number of carbonyl (C=O) groups is 3. The molecule has 0 saturated heterocycles. The average molecular weight is 442 g/mol. The molecule has 0 spiro atoms. The highest BCUT2D eigenvalue weighted by atomic mass is 16.5. The van der Waals surface area contributed by atoms with Gasteiger partial charge in [0.15, 0.2) is 0 Å². The van der Waals surface area contributed by atoms with Crippen LogP contribution in [0.1, 0.15) is 37.0 Å². The molecule has 1 atom stereocenters. The molecule has 3 aromatic carbocycles. The second kappa shape index (κ2) is 9.12. The number of carbonyl (C=O) groups excluding carboxylic acids is 3. The van der Waals surface area contributed by atoms with Crippen molar-refractivity contribution in [3.05, 3.63) is 95.6 Å². The lowest BCUT2D eigenvalue weighted by Crippen LogP contribution is -2.53. The molecular weight excluding hydrogens is 414 g/mol. The van der Waals surface area contributed by atoms with Gasteiger partial charge >= 0.3 is 5.97 Å². The van der Waals surface area contributed by atoms with Gasteiger partial charge in [-0.2, -0.15) is 0 Å². The van der Waals surface area contributed by atoms with Crippen LogP contribution in [0.15, 0.2) is 78.9 Å². The molecule has 1 N–H and O–H groups in total. The van der Waals surface area contributed by atoms with Crippen molar-refractivity contribution in [2.24, 2.45) is 5.92 Å². The Morgan fingerprint density at radius 3 is 1.76 bits per heavy atom. The van der Waals surface area contributed by atoms with E-state index in [4.69, 9.17) is 4.74 Å². The minimum absolute atomic E-state index is 0.0241. The summed E-state index contributed by atoms with van der Waals surface area (Å²) >= 11 is 0. The maximum absolute atomic E-state index is 13.0. The zero-order chi connectivity index (χ0) is 23.6. The lowest BCUT2D eigenvalue weighted by molar-refractivity contribution is -0.144. The van der Waals surface area contributed by atoms with Crippen molar-refractivity contribution in [2.45, 2.75) is 31.8 Å². The van der Waals surface area contributed by atoms with Crippen LogP contribution < -0.4 is 5.32 Å². The smallest absolute Gasteiger partial charge is 0.322 e. The topological polar surface area (TPSA) is 72.5 Å². The molecule has 0 unspecified atom stereocenters. The summed E-state index contributed by atoms with van der Waals surface area (Å²) in [4.78, 5) is 37.4. The molecule has 0 aliphatic heterocycles. The fourth-order valence-corrected chi connectivity index (χ4v) is 4.94. The fraction of sp³-hybridized carbons (Fsp3) is 0.250. The molecule has 5 nitrogen and oxygen atoms in total. The van der Waals surface area contributed by atoms with Crippen molar-refractivity contribution in [1.29, 1.82) is 0 Å². The van der Waals surface area contributed by atoms with Gasteiger partial charge in [0, 0.05) is 0 Å². The first kappa shape index (κ1) is 22.6. The van der Waals surface area contributed by atoms with Gasteiger partial charge in [0.1, 0.15) is 17.6 Å². The SMILES string of the molecule is COC(=O)[C@@H](CC(C(C)=O)C(C)=O)NC1(c2ccccc2)c2ccccc2-c2ccccc21. The molecule has 5 heteroatoms. The second-order valence-corrected chi connectivity index (χ2v) is 8.44.